The van der Waals surface area contributed by atoms with E-state index in [2.05, 4.69) is 18.9 Å². The van der Waals surface area contributed by atoms with Crippen LogP contribution in [0.25, 0.3) is 0 Å². The highest BCUT2D eigenvalue weighted by Crippen LogP contribution is 2.46. The molecule has 0 radical (unpaired) electrons. The fraction of sp³-hybridized carbons (Fsp3) is 0.650. The van der Waals surface area contributed by atoms with Gasteiger partial charge in [0, 0.05) is 18.5 Å². The molecule has 1 N–H and O–H groups in total. The zero-order valence-electron chi connectivity index (χ0n) is 15.0. The molecule has 136 valence electrons. The van der Waals surface area contributed by atoms with Crippen LogP contribution in [-0.4, -0.2) is 42.4 Å². The molecule has 1 aromatic rings. The molecular formula is C20H27NO4. The molecule has 0 spiro atoms. The van der Waals surface area contributed by atoms with Gasteiger partial charge < -0.3 is 19.5 Å². The molecular weight excluding hydrogens is 318 g/mol. The van der Waals surface area contributed by atoms with Crippen LogP contribution in [0.3, 0.4) is 0 Å². The van der Waals surface area contributed by atoms with Gasteiger partial charge >= 0.3 is 5.97 Å². The van der Waals surface area contributed by atoms with E-state index >= 15 is 0 Å². The topological polar surface area (TPSA) is 59.0 Å². The Hall–Kier alpha value is -1.75. The maximum atomic E-state index is 12.2. The van der Waals surface area contributed by atoms with Crippen molar-refractivity contribution in [1.82, 2.24) is 4.90 Å². The standard InChI is InChI=1S/C20H27NO4/c1-12-3-5-13(6-4-12)19-18(20(22)23)15(10-21(19)2)14-7-8-16-17(9-14)25-11-24-16/h7-9,12-13,15,18-19H,3-6,10-11H2,1-2H3,(H,22,23). The fourth-order valence-electron chi connectivity index (χ4n) is 5.11. The zero-order chi connectivity index (χ0) is 17.6. The number of likely N-dealkylation sites (N-methyl/N-ethyl adjacent to an activating group) is 1. The molecule has 3 atom stereocenters. The average molecular weight is 345 g/mol. The summed E-state index contributed by atoms with van der Waals surface area (Å²) in [4.78, 5) is 14.5. The largest absolute Gasteiger partial charge is 0.481 e. The SMILES string of the molecule is CC1CCC(C2C(C(=O)O)C(c3ccc4c(c3)OCO4)CN2C)CC1. The molecule has 1 aromatic carbocycles. The molecule has 3 unspecified atom stereocenters. The Kier molecular flexibility index (Phi) is 4.36. The van der Waals surface area contributed by atoms with Crippen LogP contribution in [0.1, 0.15) is 44.1 Å². The van der Waals surface area contributed by atoms with Gasteiger partial charge in [0.1, 0.15) is 0 Å². The van der Waals surface area contributed by atoms with Gasteiger partial charge in [-0.3, -0.25) is 4.79 Å². The van der Waals surface area contributed by atoms with Crippen LogP contribution in [0.5, 0.6) is 11.5 Å². The van der Waals surface area contributed by atoms with Crippen molar-refractivity contribution in [2.24, 2.45) is 17.8 Å². The number of fused-ring (bicyclic) bond motifs is 1. The van der Waals surface area contributed by atoms with E-state index in [1.54, 1.807) is 0 Å². The molecule has 0 amide bonds. The van der Waals surface area contributed by atoms with E-state index in [9.17, 15) is 9.90 Å². The Balaban J connectivity index is 1.61. The predicted molar refractivity (Wildman–Crippen MR) is 94.0 cm³/mol. The Morgan fingerprint density at radius 3 is 2.60 bits per heavy atom. The minimum Gasteiger partial charge on any atom is -0.481 e. The van der Waals surface area contributed by atoms with Gasteiger partial charge in [0.05, 0.1) is 5.92 Å². The number of aliphatic carboxylic acids is 1. The van der Waals surface area contributed by atoms with Crippen molar-refractivity contribution in [2.75, 3.05) is 20.4 Å². The van der Waals surface area contributed by atoms with Crippen molar-refractivity contribution in [3.63, 3.8) is 0 Å². The van der Waals surface area contributed by atoms with Crippen LogP contribution < -0.4 is 9.47 Å². The van der Waals surface area contributed by atoms with Crippen LogP contribution in [0.15, 0.2) is 18.2 Å². The average Bonchev–Trinajstić information content (AvgIpc) is 3.19. The van der Waals surface area contributed by atoms with E-state index in [1.165, 1.54) is 12.8 Å². The third-order valence-electron chi connectivity index (χ3n) is 6.45. The number of ether oxygens (including phenoxy) is 2. The second-order valence-electron chi connectivity index (χ2n) is 8.03. The van der Waals surface area contributed by atoms with Crippen molar-refractivity contribution in [3.8, 4) is 11.5 Å². The minimum absolute atomic E-state index is 0.00125. The number of hydrogen-bond donors (Lipinski definition) is 1. The lowest BCUT2D eigenvalue weighted by Crippen LogP contribution is -2.41. The van der Waals surface area contributed by atoms with E-state index in [0.717, 1.165) is 42.4 Å². The Labute approximate surface area is 148 Å². The molecule has 5 nitrogen and oxygen atoms in total. The number of likely N-dealkylation sites (tertiary alicyclic amines) is 1. The lowest BCUT2D eigenvalue weighted by atomic mass is 9.73. The van der Waals surface area contributed by atoms with E-state index in [4.69, 9.17) is 9.47 Å². The number of hydrogen-bond acceptors (Lipinski definition) is 4. The summed E-state index contributed by atoms with van der Waals surface area (Å²) in [6.07, 6.45) is 4.73. The van der Waals surface area contributed by atoms with Gasteiger partial charge in [-0.05, 0) is 49.4 Å². The summed E-state index contributed by atoms with van der Waals surface area (Å²) in [6.45, 7) is 3.33. The summed E-state index contributed by atoms with van der Waals surface area (Å²) in [7, 11) is 2.09. The third kappa shape index (κ3) is 2.99. The molecule has 1 saturated heterocycles. The summed E-state index contributed by atoms with van der Waals surface area (Å²) in [5, 5.41) is 10.0. The van der Waals surface area contributed by atoms with Crippen molar-refractivity contribution in [3.05, 3.63) is 23.8 Å². The van der Waals surface area contributed by atoms with Gasteiger partial charge in [-0.1, -0.05) is 25.8 Å². The van der Waals surface area contributed by atoms with E-state index in [0.29, 0.717) is 5.92 Å². The van der Waals surface area contributed by atoms with E-state index in [1.807, 2.05) is 18.2 Å². The first-order valence-corrected chi connectivity index (χ1v) is 9.37. The number of carboxylic acids is 1. The molecule has 1 aliphatic carbocycles. The first-order valence-electron chi connectivity index (χ1n) is 9.37. The zero-order valence-corrected chi connectivity index (χ0v) is 15.0. The van der Waals surface area contributed by atoms with Gasteiger partial charge in [0.15, 0.2) is 11.5 Å². The minimum atomic E-state index is -0.671. The smallest absolute Gasteiger partial charge is 0.308 e. The Morgan fingerprint density at radius 1 is 1.16 bits per heavy atom. The molecule has 3 aliphatic rings. The summed E-state index contributed by atoms with van der Waals surface area (Å²) in [5.41, 5.74) is 1.05. The summed E-state index contributed by atoms with van der Waals surface area (Å²) >= 11 is 0. The normalized spacial score (nSPS) is 35.0. The van der Waals surface area contributed by atoms with Gasteiger partial charge in [0.25, 0.3) is 0 Å². The predicted octanol–water partition coefficient (Wildman–Crippen LogP) is 3.34. The quantitative estimate of drug-likeness (QED) is 0.910. The van der Waals surface area contributed by atoms with Gasteiger partial charge in [-0.15, -0.1) is 0 Å². The molecule has 0 aromatic heterocycles. The number of carbonyl (C=O) groups is 1. The molecule has 4 rings (SSSR count). The van der Waals surface area contributed by atoms with Gasteiger partial charge in [0.2, 0.25) is 6.79 Å². The number of rotatable bonds is 3. The van der Waals surface area contributed by atoms with Gasteiger partial charge in [-0.25, -0.2) is 0 Å². The highest BCUT2D eigenvalue weighted by Gasteiger charge is 2.48. The monoisotopic (exact) mass is 345 g/mol. The van der Waals surface area contributed by atoms with Crippen LogP contribution in [0, 0.1) is 17.8 Å². The Bertz CT molecular complexity index is 653. The molecule has 5 heteroatoms. The first kappa shape index (κ1) is 16.7. The molecule has 25 heavy (non-hydrogen) atoms. The highest BCUT2D eigenvalue weighted by atomic mass is 16.7. The summed E-state index contributed by atoms with van der Waals surface area (Å²) < 4.78 is 10.9. The van der Waals surface area contributed by atoms with E-state index < -0.39 is 5.97 Å². The van der Waals surface area contributed by atoms with E-state index in [-0.39, 0.29) is 24.7 Å². The molecule has 0 bridgehead atoms. The highest BCUT2D eigenvalue weighted by molar-refractivity contribution is 5.73. The maximum Gasteiger partial charge on any atom is 0.308 e. The van der Waals surface area contributed by atoms with Crippen LogP contribution >= 0.6 is 0 Å². The third-order valence-corrected chi connectivity index (χ3v) is 6.45. The molecule has 1 saturated carbocycles. The summed E-state index contributed by atoms with van der Waals surface area (Å²) in [6, 6.07) is 6.02. The number of nitrogens with zero attached hydrogens (tertiary/aromatic N) is 1. The van der Waals surface area contributed by atoms with Crippen molar-refractivity contribution in [2.45, 2.75) is 44.6 Å². The van der Waals surface area contributed by atoms with Crippen LogP contribution in [0.4, 0.5) is 0 Å². The number of carboxylic acid groups (broad SMARTS) is 1. The van der Waals surface area contributed by atoms with Crippen molar-refractivity contribution >= 4 is 5.97 Å². The van der Waals surface area contributed by atoms with Gasteiger partial charge in [-0.2, -0.15) is 0 Å². The van der Waals surface area contributed by atoms with Crippen molar-refractivity contribution in [1.29, 1.82) is 0 Å². The second kappa shape index (κ2) is 6.52. The number of benzene rings is 1. The lowest BCUT2D eigenvalue weighted by molar-refractivity contribution is -0.143. The maximum absolute atomic E-state index is 12.2. The summed E-state index contributed by atoms with van der Waals surface area (Å²) in [5.74, 6) is 1.72. The van der Waals surface area contributed by atoms with Crippen molar-refractivity contribution < 1.29 is 19.4 Å². The lowest BCUT2D eigenvalue weighted by Gasteiger charge is -2.36. The molecule has 2 fully saturated rings. The first-order chi connectivity index (χ1) is 12.0. The molecule has 2 heterocycles. The molecule has 2 aliphatic heterocycles. The van der Waals surface area contributed by atoms with Crippen LogP contribution in [-0.2, 0) is 4.79 Å². The Morgan fingerprint density at radius 2 is 1.88 bits per heavy atom. The fourth-order valence-corrected chi connectivity index (χ4v) is 5.11. The van der Waals surface area contributed by atoms with Crippen LogP contribution in [0.2, 0.25) is 0 Å². The second-order valence-corrected chi connectivity index (χ2v) is 8.03.